The van der Waals surface area contributed by atoms with Crippen LogP contribution in [0.2, 0.25) is 10.0 Å². The standard InChI is InChI=1S/C25H25Cl2F3N4O2/c1-24(2,3)9-5-4-6-10-33(23(35)25(28,29)30)13-18-12-20(19-8-7-17(26)11-21(19)27)22(36-18)14-34-16-31-15-32-34/h7-8,11,15-16,18,20,22H,10,12-14H2,1-3H3. The van der Waals surface area contributed by atoms with Gasteiger partial charge in [-0.25, -0.2) is 4.98 Å². The van der Waals surface area contributed by atoms with E-state index in [4.69, 9.17) is 27.9 Å². The molecule has 1 saturated heterocycles. The van der Waals surface area contributed by atoms with E-state index >= 15 is 0 Å². The molecule has 6 nitrogen and oxygen atoms in total. The third-order valence-electron chi connectivity index (χ3n) is 5.34. The fraction of sp³-hybridized carbons (Fsp3) is 0.480. The van der Waals surface area contributed by atoms with Crippen LogP contribution in [0.15, 0.2) is 30.9 Å². The molecule has 1 aliphatic heterocycles. The minimum absolute atomic E-state index is 0.268. The molecule has 2 heterocycles. The Bertz CT molecular complexity index is 1190. The number of hydrogen-bond acceptors (Lipinski definition) is 4. The topological polar surface area (TPSA) is 60.3 Å². The van der Waals surface area contributed by atoms with Crippen LogP contribution in [0.5, 0.6) is 0 Å². The summed E-state index contributed by atoms with van der Waals surface area (Å²) in [7, 11) is 0. The normalized spacial score (nSPS) is 19.7. The van der Waals surface area contributed by atoms with Crippen LogP contribution in [0, 0.1) is 29.1 Å². The zero-order chi connectivity index (χ0) is 26.5. The summed E-state index contributed by atoms with van der Waals surface area (Å²) in [6, 6.07) is 5.07. The molecule has 1 aromatic carbocycles. The van der Waals surface area contributed by atoms with E-state index in [0.717, 1.165) is 5.56 Å². The van der Waals surface area contributed by atoms with E-state index in [-0.39, 0.29) is 17.9 Å². The minimum Gasteiger partial charge on any atom is -0.371 e. The van der Waals surface area contributed by atoms with Gasteiger partial charge >= 0.3 is 12.1 Å². The maximum atomic E-state index is 13.3. The number of benzene rings is 1. The van der Waals surface area contributed by atoms with Crippen LogP contribution in [0.4, 0.5) is 13.2 Å². The maximum Gasteiger partial charge on any atom is 0.471 e. The molecule has 0 N–H and O–H groups in total. The second-order valence-corrected chi connectivity index (χ2v) is 10.3. The zero-order valence-corrected chi connectivity index (χ0v) is 21.5. The molecule has 1 amide bonds. The van der Waals surface area contributed by atoms with Crippen LogP contribution in [-0.4, -0.2) is 57.0 Å². The van der Waals surface area contributed by atoms with Crippen molar-refractivity contribution in [2.24, 2.45) is 5.41 Å². The molecule has 3 rings (SSSR count). The van der Waals surface area contributed by atoms with Gasteiger partial charge in [0.2, 0.25) is 0 Å². The van der Waals surface area contributed by atoms with E-state index in [1.54, 1.807) is 22.9 Å². The van der Waals surface area contributed by atoms with Gasteiger partial charge in [-0.3, -0.25) is 9.48 Å². The number of alkyl halides is 3. The van der Waals surface area contributed by atoms with E-state index in [1.807, 2.05) is 20.8 Å². The summed E-state index contributed by atoms with van der Waals surface area (Å²) < 4.78 is 47.6. The largest absolute Gasteiger partial charge is 0.471 e. The zero-order valence-electron chi connectivity index (χ0n) is 19.9. The number of ether oxygens (including phenoxy) is 1. The van der Waals surface area contributed by atoms with E-state index in [1.165, 1.54) is 12.7 Å². The van der Waals surface area contributed by atoms with Gasteiger partial charge in [-0.05, 0) is 56.7 Å². The van der Waals surface area contributed by atoms with Crippen molar-refractivity contribution in [2.75, 3.05) is 13.1 Å². The molecule has 0 radical (unpaired) electrons. The average Bonchev–Trinajstić information content (AvgIpc) is 3.41. The minimum atomic E-state index is -5.05. The number of carbonyl (C=O) groups is 1. The summed E-state index contributed by atoms with van der Waals surface area (Å²) in [5, 5.41) is 4.98. The number of rotatable bonds is 6. The molecule has 0 spiro atoms. The number of aromatic nitrogens is 3. The van der Waals surface area contributed by atoms with Crippen LogP contribution in [0.1, 0.15) is 38.7 Å². The molecule has 0 bridgehead atoms. The molecule has 3 atom stereocenters. The lowest BCUT2D eigenvalue weighted by atomic mass is 9.90. The fourth-order valence-corrected chi connectivity index (χ4v) is 4.35. The summed E-state index contributed by atoms with van der Waals surface area (Å²) in [5.41, 5.74) is 0.449. The van der Waals surface area contributed by atoms with Gasteiger partial charge in [-0.15, -0.1) is 0 Å². The van der Waals surface area contributed by atoms with Crippen molar-refractivity contribution in [1.82, 2.24) is 19.7 Å². The summed E-state index contributed by atoms with van der Waals surface area (Å²) in [4.78, 5) is 16.7. The molecule has 0 aliphatic carbocycles. The SMILES string of the molecule is CC(C)(C)C#CC#CCN(CC1CC(c2ccc(Cl)cc2Cl)C(Cn2cncn2)O1)C(=O)C(F)(F)F. The lowest BCUT2D eigenvalue weighted by Crippen LogP contribution is -2.45. The van der Waals surface area contributed by atoms with Crippen molar-refractivity contribution in [3.8, 4) is 23.7 Å². The first-order valence-electron chi connectivity index (χ1n) is 11.1. The van der Waals surface area contributed by atoms with Gasteiger partial charge in [0.25, 0.3) is 0 Å². The second kappa shape index (κ2) is 11.6. The molecule has 192 valence electrons. The van der Waals surface area contributed by atoms with Crippen LogP contribution in [-0.2, 0) is 16.1 Å². The number of nitrogens with zero attached hydrogens (tertiary/aromatic N) is 4. The highest BCUT2D eigenvalue weighted by atomic mass is 35.5. The number of amides is 1. The molecule has 1 aromatic heterocycles. The Labute approximate surface area is 218 Å². The fourth-order valence-electron chi connectivity index (χ4n) is 3.80. The van der Waals surface area contributed by atoms with Crippen molar-refractivity contribution < 1.29 is 22.7 Å². The van der Waals surface area contributed by atoms with E-state index in [2.05, 4.69) is 33.8 Å². The van der Waals surface area contributed by atoms with Gasteiger partial charge in [0.15, 0.2) is 0 Å². The lowest BCUT2D eigenvalue weighted by molar-refractivity contribution is -0.186. The predicted octanol–water partition coefficient (Wildman–Crippen LogP) is 4.97. The van der Waals surface area contributed by atoms with Crippen LogP contribution >= 0.6 is 23.2 Å². The molecule has 11 heteroatoms. The average molecular weight is 541 g/mol. The Hall–Kier alpha value is -2.72. The summed E-state index contributed by atoms with van der Waals surface area (Å²) in [6.45, 7) is 5.23. The third-order valence-corrected chi connectivity index (χ3v) is 5.90. The molecule has 2 aromatic rings. The highest BCUT2D eigenvalue weighted by Crippen LogP contribution is 2.40. The first-order chi connectivity index (χ1) is 16.8. The van der Waals surface area contributed by atoms with E-state index in [9.17, 15) is 18.0 Å². The highest BCUT2D eigenvalue weighted by molar-refractivity contribution is 6.35. The first-order valence-corrected chi connectivity index (χ1v) is 11.9. The smallest absolute Gasteiger partial charge is 0.371 e. The number of carbonyl (C=O) groups excluding carboxylic acids is 1. The molecule has 36 heavy (non-hydrogen) atoms. The van der Waals surface area contributed by atoms with Gasteiger partial charge in [0, 0.05) is 27.9 Å². The molecular formula is C25H25Cl2F3N4O2. The Morgan fingerprint density at radius 2 is 2.00 bits per heavy atom. The van der Waals surface area contributed by atoms with Crippen molar-refractivity contribution in [3.63, 3.8) is 0 Å². The Balaban J connectivity index is 1.82. The monoisotopic (exact) mass is 540 g/mol. The molecule has 0 saturated carbocycles. The van der Waals surface area contributed by atoms with Crippen LogP contribution in [0.25, 0.3) is 0 Å². The summed E-state index contributed by atoms with van der Waals surface area (Å²) in [5.74, 6) is 8.34. The van der Waals surface area contributed by atoms with Crippen molar-refractivity contribution in [1.29, 1.82) is 0 Å². The van der Waals surface area contributed by atoms with Gasteiger partial charge in [0.1, 0.15) is 12.7 Å². The van der Waals surface area contributed by atoms with Gasteiger partial charge < -0.3 is 9.64 Å². The summed E-state index contributed by atoms with van der Waals surface area (Å²) >= 11 is 12.5. The van der Waals surface area contributed by atoms with Crippen molar-refractivity contribution in [2.45, 2.75) is 58.0 Å². The third kappa shape index (κ3) is 7.89. The second-order valence-electron chi connectivity index (χ2n) is 9.41. The Morgan fingerprint density at radius 1 is 1.25 bits per heavy atom. The van der Waals surface area contributed by atoms with Crippen LogP contribution < -0.4 is 0 Å². The predicted molar refractivity (Wildman–Crippen MR) is 130 cm³/mol. The van der Waals surface area contributed by atoms with Gasteiger partial charge in [-0.2, -0.15) is 18.3 Å². The Morgan fingerprint density at radius 3 is 2.61 bits per heavy atom. The highest BCUT2D eigenvalue weighted by Gasteiger charge is 2.45. The summed E-state index contributed by atoms with van der Waals surface area (Å²) in [6.07, 6.45) is -2.98. The molecule has 1 fully saturated rings. The number of halogens is 5. The van der Waals surface area contributed by atoms with E-state index in [0.29, 0.717) is 27.9 Å². The first kappa shape index (κ1) is 27.9. The quantitative estimate of drug-likeness (QED) is 0.485. The van der Waals surface area contributed by atoms with Gasteiger partial charge in [0.05, 0.1) is 25.3 Å². The maximum absolute atomic E-state index is 13.3. The molecule has 1 aliphatic rings. The Kier molecular flexibility index (Phi) is 8.94. The molecule has 3 unspecified atom stereocenters. The van der Waals surface area contributed by atoms with E-state index < -0.39 is 30.8 Å². The van der Waals surface area contributed by atoms with Crippen molar-refractivity contribution >= 4 is 29.1 Å². The van der Waals surface area contributed by atoms with Crippen molar-refractivity contribution in [3.05, 3.63) is 46.5 Å². The lowest BCUT2D eigenvalue weighted by Gasteiger charge is -2.24. The van der Waals surface area contributed by atoms with Gasteiger partial charge in [-0.1, -0.05) is 41.1 Å². The van der Waals surface area contributed by atoms with Crippen LogP contribution in [0.3, 0.4) is 0 Å². The number of hydrogen-bond donors (Lipinski definition) is 0. The molecular weight excluding hydrogens is 516 g/mol.